The van der Waals surface area contributed by atoms with Gasteiger partial charge in [-0.15, -0.1) is 22.7 Å². The molecule has 3 aromatic rings. The number of aromatic nitrogens is 2. The summed E-state index contributed by atoms with van der Waals surface area (Å²) in [6.07, 6.45) is 1.79. The molecule has 3 rings (SSSR count). The Kier molecular flexibility index (Phi) is 6.69. The van der Waals surface area contributed by atoms with Crippen LogP contribution in [-0.4, -0.2) is 27.8 Å². The standard InChI is InChI=1S/C16H16BrN3O2S3/c17-13-2-1-11(25-13)9-23-8-5-18-14(21)3-6-20-10-19-15-12(16(20)22)4-7-24-15/h1-2,4,7,10H,3,5-6,8-9H2,(H,18,21). The third-order valence-electron chi connectivity index (χ3n) is 3.47. The highest BCUT2D eigenvalue weighted by molar-refractivity contribution is 9.11. The van der Waals surface area contributed by atoms with Gasteiger partial charge in [-0.3, -0.25) is 14.2 Å². The number of thioether (sulfide) groups is 1. The Hall–Kier alpha value is -1.16. The molecule has 0 aliphatic heterocycles. The maximum Gasteiger partial charge on any atom is 0.262 e. The molecule has 0 saturated carbocycles. The summed E-state index contributed by atoms with van der Waals surface area (Å²) in [6.45, 7) is 0.979. The molecule has 0 unspecified atom stereocenters. The molecule has 0 bridgehead atoms. The van der Waals surface area contributed by atoms with Crippen molar-refractivity contribution < 1.29 is 4.79 Å². The largest absolute Gasteiger partial charge is 0.355 e. The van der Waals surface area contributed by atoms with Crippen LogP contribution in [0.2, 0.25) is 0 Å². The lowest BCUT2D eigenvalue weighted by molar-refractivity contribution is -0.121. The average molecular weight is 458 g/mol. The van der Waals surface area contributed by atoms with Crippen LogP contribution in [0, 0.1) is 0 Å². The van der Waals surface area contributed by atoms with E-state index < -0.39 is 0 Å². The zero-order chi connectivity index (χ0) is 17.6. The molecule has 5 nitrogen and oxygen atoms in total. The molecule has 3 heterocycles. The fourth-order valence-electron chi connectivity index (χ4n) is 2.23. The van der Waals surface area contributed by atoms with Crippen molar-refractivity contribution in [3.05, 3.63) is 48.9 Å². The van der Waals surface area contributed by atoms with Gasteiger partial charge in [-0.25, -0.2) is 4.98 Å². The van der Waals surface area contributed by atoms with Crippen molar-refractivity contribution in [2.24, 2.45) is 0 Å². The first kappa shape index (κ1) is 18.6. The van der Waals surface area contributed by atoms with Crippen molar-refractivity contribution in [2.45, 2.75) is 18.7 Å². The fraction of sp³-hybridized carbons (Fsp3) is 0.312. The number of thiophene rings is 2. The minimum atomic E-state index is -0.0864. The van der Waals surface area contributed by atoms with Gasteiger partial charge in [-0.2, -0.15) is 11.8 Å². The van der Waals surface area contributed by atoms with Crippen LogP contribution in [0.25, 0.3) is 10.2 Å². The summed E-state index contributed by atoms with van der Waals surface area (Å²) in [5.41, 5.74) is -0.0864. The molecule has 0 radical (unpaired) electrons. The molecule has 3 aromatic heterocycles. The second-order valence-corrected chi connectivity index (χ2v) is 9.79. The molecule has 0 aromatic carbocycles. The Labute approximate surface area is 165 Å². The molecule has 1 amide bonds. The van der Waals surface area contributed by atoms with Gasteiger partial charge in [0.25, 0.3) is 5.56 Å². The van der Waals surface area contributed by atoms with Gasteiger partial charge in [0.1, 0.15) is 4.83 Å². The molecule has 1 N–H and O–H groups in total. The second kappa shape index (κ2) is 8.98. The number of aryl methyl sites for hydroxylation is 1. The van der Waals surface area contributed by atoms with Crippen LogP contribution in [0.4, 0.5) is 0 Å². The summed E-state index contributed by atoms with van der Waals surface area (Å²) >= 11 is 8.42. The first-order chi connectivity index (χ1) is 12.1. The predicted molar refractivity (Wildman–Crippen MR) is 110 cm³/mol. The van der Waals surface area contributed by atoms with Crippen LogP contribution >= 0.6 is 50.4 Å². The number of carbonyl (C=O) groups excluding carboxylic acids is 1. The van der Waals surface area contributed by atoms with E-state index in [4.69, 9.17) is 0 Å². The Balaban J connectivity index is 1.37. The van der Waals surface area contributed by atoms with Crippen LogP contribution in [0.3, 0.4) is 0 Å². The van der Waals surface area contributed by atoms with E-state index in [2.05, 4.69) is 32.3 Å². The Morgan fingerprint density at radius 2 is 2.24 bits per heavy atom. The summed E-state index contributed by atoms with van der Waals surface area (Å²) in [4.78, 5) is 30.4. The van der Waals surface area contributed by atoms with E-state index in [-0.39, 0.29) is 17.9 Å². The zero-order valence-electron chi connectivity index (χ0n) is 13.2. The van der Waals surface area contributed by atoms with Gasteiger partial charge in [0.05, 0.1) is 15.5 Å². The lowest BCUT2D eigenvalue weighted by Gasteiger charge is -2.07. The molecule has 0 aliphatic carbocycles. The normalized spacial score (nSPS) is 11.1. The van der Waals surface area contributed by atoms with Crippen molar-refractivity contribution in [1.29, 1.82) is 0 Å². The van der Waals surface area contributed by atoms with Crippen molar-refractivity contribution in [3.8, 4) is 0 Å². The van der Waals surface area contributed by atoms with Crippen molar-refractivity contribution in [2.75, 3.05) is 12.3 Å². The highest BCUT2D eigenvalue weighted by atomic mass is 79.9. The van der Waals surface area contributed by atoms with E-state index in [1.165, 1.54) is 27.1 Å². The van der Waals surface area contributed by atoms with Crippen LogP contribution in [0.1, 0.15) is 11.3 Å². The van der Waals surface area contributed by atoms with Gasteiger partial charge >= 0.3 is 0 Å². The van der Waals surface area contributed by atoms with E-state index in [1.54, 1.807) is 29.2 Å². The lowest BCUT2D eigenvalue weighted by atomic mass is 10.3. The fourth-order valence-corrected chi connectivity index (χ4v) is 5.40. The van der Waals surface area contributed by atoms with Crippen LogP contribution < -0.4 is 10.9 Å². The highest BCUT2D eigenvalue weighted by Crippen LogP contribution is 2.25. The number of hydrogen-bond acceptors (Lipinski definition) is 6. The minimum Gasteiger partial charge on any atom is -0.355 e. The van der Waals surface area contributed by atoms with Gasteiger partial charge in [0.2, 0.25) is 5.91 Å². The Bertz CT molecular complexity index is 919. The first-order valence-electron chi connectivity index (χ1n) is 7.65. The van der Waals surface area contributed by atoms with E-state index in [0.717, 1.165) is 20.1 Å². The summed E-state index contributed by atoms with van der Waals surface area (Å²) in [5.74, 6) is 1.77. The lowest BCUT2D eigenvalue weighted by Crippen LogP contribution is -2.28. The molecule has 25 heavy (non-hydrogen) atoms. The van der Waals surface area contributed by atoms with E-state index in [1.807, 2.05) is 11.4 Å². The zero-order valence-corrected chi connectivity index (χ0v) is 17.3. The molecular formula is C16H16BrN3O2S3. The maximum atomic E-state index is 12.2. The summed E-state index contributed by atoms with van der Waals surface area (Å²) in [5, 5.41) is 5.36. The van der Waals surface area contributed by atoms with Crippen molar-refractivity contribution in [3.63, 3.8) is 0 Å². The van der Waals surface area contributed by atoms with Gasteiger partial charge in [-0.05, 0) is 39.5 Å². The molecule has 0 spiro atoms. The van der Waals surface area contributed by atoms with Crippen molar-refractivity contribution >= 4 is 66.5 Å². The molecule has 0 saturated heterocycles. The summed E-state index contributed by atoms with van der Waals surface area (Å²) in [7, 11) is 0. The number of nitrogens with zero attached hydrogens (tertiary/aromatic N) is 2. The number of hydrogen-bond donors (Lipinski definition) is 1. The average Bonchev–Trinajstić information content (AvgIpc) is 3.23. The number of halogens is 1. The smallest absolute Gasteiger partial charge is 0.262 e. The van der Waals surface area contributed by atoms with Gasteiger partial charge in [-0.1, -0.05) is 0 Å². The maximum absolute atomic E-state index is 12.2. The summed E-state index contributed by atoms with van der Waals surface area (Å²) < 4.78 is 2.64. The number of rotatable bonds is 8. The molecule has 0 fully saturated rings. The van der Waals surface area contributed by atoms with Gasteiger partial charge < -0.3 is 5.32 Å². The topological polar surface area (TPSA) is 64.0 Å². The summed E-state index contributed by atoms with van der Waals surface area (Å²) in [6, 6.07) is 5.93. The van der Waals surface area contributed by atoms with Crippen LogP contribution in [-0.2, 0) is 17.1 Å². The van der Waals surface area contributed by atoms with E-state index in [9.17, 15) is 9.59 Å². The molecule has 9 heteroatoms. The Morgan fingerprint density at radius 3 is 3.04 bits per heavy atom. The third kappa shape index (κ3) is 5.16. The number of fused-ring (bicyclic) bond motifs is 1. The number of nitrogens with one attached hydrogen (secondary N) is 1. The molecule has 0 aliphatic rings. The number of carbonyl (C=O) groups is 1. The molecule has 132 valence electrons. The Morgan fingerprint density at radius 1 is 1.36 bits per heavy atom. The van der Waals surface area contributed by atoms with Gasteiger partial charge in [0, 0.05) is 35.9 Å². The monoisotopic (exact) mass is 457 g/mol. The quantitative estimate of drug-likeness (QED) is 0.523. The SMILES string of the molecule is O=C(CCn1cnc2sccc2c1=O)NCCSCc1ccc(Br)s1. The van der Waals surface area contributed by atoms with E-state index in [0.29, 0.717) is 18.5 Å². The second-order valence-electron chi connectivity index (χ2n) is 5.24. The first-order valence-corrected chi connectivity index (χ1v) is 11.3. The number of amides is 1. The predicted octanol–water partition coefficient (Wildman–Crippen LogP) is 3.72. The van der Waals surface area contributed by atoms with Crippen LogP contribution in [0.15, 0.2) is 38.5 Å². The molecular weight excluding hydrogens is 442 g/mol. The minimum absolute atomic E-state index is 0.0446. The van der Waals surface area contributed by atoms with Crippen LogP contribution in [0.5, 0.6) is 0 Å². The van der Waals surface area contributed by atoms with E-state index >= 15 is 0 Å². The highest BCUT2D eigenvalue weighted by Gasteiger charge is 2.07. The van der Waals surface area contributed by atoms with Gasteiger partial charge in [0.15, 0.2) is 0 Å². The van der Waals surface area contributed by atoms with Crippen molar-refractivity contribution in [1.82, 2.24) is 14.9 Å². The molecule has 0 atom stereocenters. The third-order valence-corrected chi connectivity index (χ3v) is 7.11.